The molecule has 1 heteroatoms. The Morgan fingerprint density at radius 3 is 1.45 bits per heavy atom. The summed E-state index contributed by atoms with van der Waals surface area (Å²) in [6.45, 7) is 4.84. The first-order valence-corrected chi connectivity index (χ1v) is 24.7. The van der Waals surface area contributed by atoms with Gasteiger partial charge in [0, 0.05) is 22.5 Å². The lowest BCUT2D eigenvalue weighted by Gasteiger charge is -2.59. The van der Waals surface area contributed by atoms with Gasteiger partial charge in [0.25, 0.3) is 0 Å². The summed E-state index contributed by atoms with van der Waals surface area (Å²) >= 11 is 0. The van der Waals surface area contributed by atoms with Crippen molar-refractivity contribution >= 4 is 17.1 Å². The molecule has 0 heterocycles. The van der Waals surface area contributed by atoms with Gasteiger partial charge in [-0.3, -0.25) is 0 Å². The smallest absolute Gasteiger partial charge is 0.0465 e. The van der Waals surface area contributed by atoms with Crippen molar-refractivity contribution in [3.63, 3.8) is 0 Å². The minimum absolute atomic E-state index is 0.0447. The molecule has 0 N–H and O–H groups in total. The van der Waals surface area contributed by atoms with Crippen molar-refractivity contribution in [2.45, 2.75) is 145 Å². The molecule has 0 spiro atoms. The van der Waals surface area contributed by atoms with Gasteiger partial charge >= 0.3 is 0 Å². The van der Waals surface area contributed by atoms with Crippen LogP contribution in [0.25, 0.3) is 22.3 Å². The first-order chi connectivity index (χ1) is 29.3. The third kappa shape index (κ3) is 5.61. The van der Waals surface area contributed by atoms with E-state index in [1.165, 1.54) is 160 Å². The molecular formula is C59H65N. The second-order valence-corrected chi connectivity index (χ2v) is 22.8. The molecule has 0 aliphatic heterocycles. The van der Waals surface area contributed by atoms with E-state index < -0.39 is 0 Å². The van der Waals surface area contributed by atoms with Crippen LogP contribution in [-0.4, -0.2) is 0 Å². The minimum Gasteiger partial charge on any atom is -0.310 e. The number of nitrogens with zero attached hydrogens (tertiary/aromatic N) is 1. The van der Waals surface area contributed by atoms with Crippen LogP contribution < -0.4 is 4.90 Å². The molecule has 10 aliphatic carbocycles. The predicted octanol–water partition coefficient (Wildman–Crippen LogP) is 16.1. The summed E-state index contributed by atoms with van der Waals surface area (Å²) in [6, 6.07) is 44.1. The largest absolute Gasteiger partial charge is 0.310 e. The first-order valence-electron chi connectivity index (χ1n) is 24.7. The molecule has 5 aromatic carbocycles. The fourth-order valence-electron chi connectivity index (χ4n) is 17.0. The standard InChI is InChI=1S/C59H65N/c1-57(2)52-12-7-6-11-50(52)51-24-23-49(31-55(51)57)60(47-19-15-45(16-20-47)44-9-4-3-5-10-44)48-21-17-46(18-22-48)56-53(58-32-38-25-39(33-58)27-40(26-38)34-58)13-8-14-54(56)59-35-41-28-42(36-59)30-43(29-41)37-59/h6-8,11-24,31,38-44H,3-5,9-10,25-30,32-37H2,1-2H3. The van der Waals surface area contributed by atoms with Gasteiger partial charge in [-0.1, -0.05) is 106 Å². The highest BCUT2D eigenvalue weighted by atomic mass is 15.1. The molecule has 306 valence electrons. The fraction of sp³-hybridized carbons (Fsp3) is 0.492. The lowest BCUT2D eigenvalue weighted by molar-refractivity contribution is -0.00783. The highest BCUT2D eigenvalue weighted by Gasteiger charge is 2.55. The number of benzene rings is 5. The summed E-state index contributed by atoms with van der Waals surface area (Å²) in [4.78, 5) is 2.57. The quantitative estimate of drug-likeness (QED) is 0.159. The molecule has 0 atom stereocenters. The van der Waals surface area contributed by atoms with Crippen molar-refractivity contribution in [2.75, 3.05) is 4.90 Å². The number of hydrogen-bond acceptors (Lipinski definition) is 1. The Kier molecular flexibility index (Phi) is 8.19. The molecule has 9 saturated carbocycles. The first kappa shape index (κ1) is 36.5. The molecule has 10 aliphatic rings. The lowest BCUT2D eigenvalue weighted by Crippen LogP contribution is -2.50. The van der Waals surface area contributed by atoms with E-state index in [1.807, 2.05) is 0 Å². The monoisotopic (exact) mass is 788 g/mol. The minimum atomic E-state index is -0.0447. The second-order valence-electron chi connectivity index (χ2n) is 22.8. The number of anilines is 3. The zero-order chi connectivity index (χ0) is 39.8. The Hall–Kier alpha value is -4.10. The van der Waals surface area contributed by atoms with E-state index in [-0.39, 0.29) is 5.41 Å². The SMILES string of the molecule is CC1(C)c2ccccc2-c2ccc(N(c3ccc(-c4c(C56CC7CC(CC(C7)C5)C6)cccc4C45CC6CC(CC(C6)C4)C5)cc3)c3ccc(C4CCCCC4)cc3)cc21. The topological polar surface area (TPSA) is 3.24 Å². The average molecular weight is 788 g/mol. The van der Waals surface area contributed by atoms with Crippen LogP contribution in [0, 0.1) is 35.5 Å². The summed E-state index contributed by atoms with van der Waals surface area (Å²) in [6.07, 6.45) is 24.4. The lowest BCUT2D eigenvalue weighted by atomic mass is 9.45. The molecule has 0 unspecified atom stereocenters. The van der Waals surface area contributed by atoms with Crippen LogP contribution in [0.1, 0.15) is 157 Å². The van der Waals surface area contributed by atoms with Gasteiger partial charge in [-0.25, -0.2) is 0 Å². The van der Waals surface area contributed by atoms with Gasteiger partial charge in [0.05, 0.1) is 0 Å². The van der Waals surface area contributed by atoms with Crippen molar-refractivity contribution in [1.82, 2.24) is 0 Å². The molecule has 0 saturated heterocycles. The Morgan fingerprint density at radius 1 is 0.433 bits per heavy atom. The fourth-order valence-corrected chi connectivity index (χ4v) is 17.0. The van der Waals surface area contributed by atoms with Crippen molar-refractivity contribution < 1.29 is 0 Å². The predicted molar refractivity (Wildman–Crippen MR) is 250 cm³/mol. The van der Waals surface area contributed by atoms with E-state index in [9.17, 15) is 0 Å². The number of hydrogen-bond donors (Lipinski definition) is 0. The van der Waals surface area contributed by atoms with E-state index in [0.717, 1.165) is 35.5 Å². The molecule has 0 amide bonds. The Labute approximate surface area is 360 Å². The molecule has 8 bridgehead atoms. The highest BCUT2D eigenvalue weighted by molar-refractivity contribution is 5.86. The third-order valence-electron chi connectivity index (χ3n) is 18.8. The maximum absolute atomic E-state index is 2.64. The van der Waals surface area contributed by atoms with Crippen LogP contribution in [-0.2, 0) is 16.2 Å². The Balaban J connectivity index is 0.942. The highest BCUT2D eigenvalue weighted by Crippen LogP contribution is 2.65. The van der Waals surface area contributed by atoms with Crippen molar-refractivity contribution in [2.24, 2.45) is 35.5 Å². The van der Waals surface area contributed by atoms with Crippen LogP contribution in [0.4, 0.5) is 17.1 Å². The van der Waals surface area contributed by atoms with Crippen LogP contribution in [0.3, 0.4) is 0 Å². The van der Waals surface area contributed by atoms with Crippen LogP contribution in [0.15, 0.2) is 109 Å². The molecule has 5 aromatic rings. The molecule has 60 heavy (non-hydrogen) atoms. The second kappa shape index (κ2) is 13.4. The molecular weight excluding hydrogens is 723 g/mol. The molecule has 15 rings (SSSR count). The van der Waals surface area contributed by atoms with Gasteiger partial charge < -0.3 is 4.90 Å². The Bertz CT molecular complexity index is 2320. The van der Waals surface area contributed by atoms with Gasteiger partial charge in [0.2, 0.25) is 0 Å². The third-order valence-corrected chi connectivity index (χ3v) is 18.8. The van der Waals surface area contributed by atoms with Crippen molar-refractivity contribution in [1.29, 1.82) is 0 Å². The summed E-state index contributed by atoms with van der Waals surface area (Å²) < 4.78 is 0. The molecule has 9 fully saturated rings. The van der Waals surface area contributed by atoms with Crippen molar-refractivity contribution in [3.05, 3.63) is 137 Å². The van der Waals surface area contributed by atoms with Crippen LogP contribution in [0.2, 0.25) is 0 Å². The van der Waals surface area contributed by atoms with Gasteiger partial charge in [0.15, 0.2) is 0 Å². The van der Waals surface area contributed by atoms with Crippen LogP contribution in [0.5, 0.6) is 0 Å². The van der Waals surface area contributed by atoms with Gasteiger partial charge in [-0.2, -0.15) is 0 Å². The number of rotatable bonds is 7. The van der Waals surface area contributed by atoms with E-state index >= 15 is 0 Å². The average Bonchev–Trinajstić information content (AvgIpc) is 3.49. The summed E-state index contributed by atoms with van der Waals surface area (Å²) in [5.74, 6) is 6.36. The molecule has 0 aromatic heterocycles. The van der Waals surface area contributed by atoms with Gasteiger partial charge in [-0.15, -0.1) is 0 Å². The summed E-state index contributed by atoms with van der Waals surface area (Å²) in [7, 11) is 0. The molecule has 0 radical (unpaired) electrons. The molecule has 1 nitrogen and oxygen atoms in total. The normalized spacial score (nSPS) is 32.9. The van der Waals surface area contributed by atoms with E-state index in [2.05, 4.69) is 128 Å². The summed E-state index contributed by atoms with van der Waals surface area (Å²) in [5, 5.41) is 0. The zero-order valence-electron chi connectivity index (χ0n) is 36.4. The van der Waals surface area contributed by atoms with Crippen molar-refractivity contribution in [3.8, 4) is 22.3 Å². The maximum Gasteiger partial charge on any atom is 0.0465 e. The van der Waals surface area contributed by atoms with E-state index in [0.29, 0.717) is 16.7 Å². The summed E-state index contributed by atoms with van der Waals surface area (Å²) in [5.41, 5.74) is 18.3. The number of fused-ring (bicyclic) bond motifs is 3. The maximum atomic E-state index is 2.64. The van der Waals surface area contributed by atoms with Gasteiger partial charge in [0.1, 0.15) is 0 Å². The van der Waals surface area contributed by atoms with Crippen LogP contribution >= 0.6 is 0 Å². The van der Waals surface area contributed by atoms with E-state index in [4.69, 9.17) is 0 Å². The van der Waals surface area contributed by atoms with E-state index in [1.54, 1.807) is 16.7 Å². The Morgan fingerprint density at radius 2 is 0.900 bits per heavy atom. The van der Waals surface area contributed by atoms with Gasteiger partial charge in [-0.05, 0) is 229 Å². The zero-order valence-corrected chi connectivity index (χ0v) is 36.4.